The number of rotatable bonds is 1. The van der Waals surface area contributed by atoms with Crippen LogP contribution in [0.25, 0.3) is 21.9 Å². The normalized spacial score (nSPS) is 11.9. The van der Waals surface area contributed by atoms with Crippen LogP contribution in [-0.4, -0.2) is 7.09 Å². The summed E-state index contributed by atoms with van der Waals surface area (Å²) in [5.41, 5.74) is 0.338. The van der Waals surface area contributed by atoms with E-state index in [2.05, 4.69) is 0 Å². The van der Waals surface area contributed by atoms with Crippen LogP contribution in [-0.2, 0) is 0 Å². The van der Waals surface area contributed by atoms with E-state index in [4.69, 9.17) is 14.9 Å². The van der Waals surface area contributed by atoms with Gasteiger partial charge in [-0.15, -0.1) is 0 Å². The number of ether oxygens (including phenoxy) is 1. The van der Waals surface area contributed by atoms with Gasteiger partial charge < -0.3 is 13.6 Å². The lowest BCUT2D eigenvalue weighted by Crippen LogP contribution is -1.96. The van der Waals surface area contributed by atoms with Gasteiger partial charge in [-0.3, -0.25) is 0 Å². The smallest absolute Gasteiger partial charge is 0.336 e. The van der Waals surface area contributed by atoms with Gasteiger partial charge in [0.25, 0.3) is 0 Å². The molecule has 0 amide bonds. The van der Waals surface area contributed by atoms with Gasteiger partial charge in [0, 0.05) is 16.8 Å². The molecule has 0 unspecified atom stereocenters. The Morgan fingerprint density at radius 2 is 2.12 bits per heavy atom. The van der Waals surface area contributed by atoms with Gasteiger partial charge in [-0.2, -0.15) is 0 Å². The van der Waals surface area contributed by atoms with Gasteiger partial charge in [-0.25, -0.2) is 4.79 Å². The van der Waals surface area contributed by atoms with Crippen molar-refractivity contribution in [2.45, 2.75) is 0 Å². The van der Waals surface area contributed by atoms with E-state index in [9.17, 15) is 4.79 Å². The van der Waals surface area contributed by atoms with Gasteiger partial charge in [0.05, 0.1) is 14.7 Å². The van der Waals surface area contributed by atoms with E-state index in [0.29, 0.717) is 16.9 Å². The average Bonchev–Trinajstić information content (AvgIpc) is 2.77. The van der Waals surface area contributed by atoms with Crippen molar-refractivity contribution in [1.82, 2.24) is 0 Å². The third kappa shape index (κ3) is 1.13. The molecule has 3 rings (SSSR count). The summed E-state index contributed by atoms with van der Waals surface area (Å²) in [5.74, 6) is 0.301. The largest absolute Gasteiger partial charge is 0.490 e. The molecule has 4 heteroatoms. The second-order valence-corrected chi connectivity index (χ2v) is 3.36. The quantitative estimate of drug-likeness (QED) is 0.590. The third-order valence-corrected chi connectivity index (χ3v) is 2.43. The minimum absolute atomic E-state index is 0.270. The lowest BCUT2D eigenvalue weighted by molar-refractivity contribution is 0.403. The summed E-state index contributed by atoms with van der Waals surface area (Å²) in [6.07, 6.45) is 1.53. The molecule has 2 heterocycles. The Balaban J connectivity index is 2.49. The fourth-order valence-electron chi connectivity index (χ4n) is 1.74. The Morgan fingerprint density at radius 3 is 3.00 bits per heavy atom. The van der Waals surface area contributed by atoms with Crippen molar-refractivity contribution in [3.63, 3.8) is 0 Å². The third-order valence-electron chi connectivity index (χ3n) is 2.43. The molecule has 0 bridgehead atoms. The fourth-order valence-corrected chi connectivity index (χ4v) is 1.74. The maximum Gasteiger partial charge on any atom is 0.336 e. The number of fused-ring (bicyclic) bond motifs is 2. The van der Waals surface area contributed by atoms with E-state index in [-0.39, 0.29) is 7.09 Å². The molecule has 2 aromatic heterocycles. The summed E-state index contributed by atoms with van der Waals surface area (Å²) in [6.45, 7) is 0. The summed E-state index contributed by atoms with van der Waals surface area (Å²) in [6, 6.07) is 6.63. The zero-order chi connectivity index (χ0) is 11.8. The van der Waals surface area contributed by atoms with E-state index >= 15 is 0 Å². The monoisotopic (exact) mass is 219 g/mol. The first-order chi connectivity index (χ1) is 8.29. The van der Waals surface area contributed by atoms with Gasteiger partial charge in [-0.1, -0.05) is 0 Å². The van der Waals surface area contributed by atoms with E-state index in [1.54, 1.807) is 12.1 Å². The van der Waals surface area contributed by atoms with Crippen molar-refractivity contribution < 1.29 is 14.9 Å². The number of hydrogen-bond acceptors (Lipinski definition) is 4. The Labute approximate surface area is 91.4 Å². The van der Waals surface area contributed by atoms with Crippen LogP contribution in [0.2, 0.25) is 0 Å². The van der Waals surface area contributed by atoms with Crippen molar-refractivity contribution >= 4 is 21.9 Å². The Kier molecular flexibility index (Phi) is 1.56. The van der Waals surface area contributed by atoms with E-state index in [0.717, 1.165) is 10.8 Å². The minimum atomic E-state index is -0.460. The van der Waals surface area contributed by atoms with Crippen molar-refractivity contribution in [2.24, 2.45) is 0 Å². The summed E-state index contributed by atoms with van der Waals surface area (Å²) in [4.78, 5) is 11.2. The second kappa shape index (κ2) is 3.13. The van der Waals surface area contributed by atoms with E-state index < -0.39 is 5.63 Å². The molecule has 0 spiro atoms. The highest BCUT2D eigenvalue weighted by Gasteiger charge is 2.12. The SMILES string of the molecule is [3H]COc1c2occc2cc2[13cH]cc(=O)oc12. The highest BCUT2D eigenvalue weighted by atomic mass is 16.5. The van der Waals surface area contributed by atoms with Crippen molar-refractivity contribution in [1.29, 1.82) is 0 Å². The van der Waals surface area contributed by atoms with Crippen LogP contribution in [0, 0.1) is 0 Å². The molecular weight excluding hydrogens is 209 g/mol. The standard InChI is InChI=1S/C12H8O4/c1-14-12-10-8(4-5-15-10)6-7-2-3-9(13)16-11(7)12/h2-6H,1H3/i1T,2+1. The maximum absolute atomic E-state index is 11.2. The predicted octanol–water partition coefficient (Wildman–Crippen LogP) is 2.55. The first-order valence-electron chi connectivity index (χ1n) is 5.36. The molecule has 0 atom stereocenters. The first kappa shape index (κ1) is 7.98. The number of methoxy groups -OCH3 is 1. The topological polar surface area (TPSA) is 52.6 Å². The van der Waals surface area contributed by atoms with Crippen LogP contribution in [0.1, 0.15) is 1.37 Å². The highest BCUT2D eigenvalue weighted by Crippen LogP contribution is 2.34. The van der Waals surface area contributed by atoms with Gasteiger partial charge >= 0.3 is 5.63 Å². The Hall–Kier alpha value is -2.23. The Bertz CT molecular complexity index is 741. The number of hydrogen-bond donors (Lipinski definition) is 0. The molecule has 0 aliphatic carbocycles. The average molecular weight is 219 g/mol. The molecule has 1 aromatic carbocycles. The number of furan rings is 1. The first-order valence-corrected chi connectivity index (χ1v) is 4.66. The molecule has 3 aromatic rings. The minimum Gasteiger partial charge on any atom is -0.490 e. The molecule has 80 valence electrons. The maximum atomic E-state index is 11.2. The van der Waals surface area contributed by atoms with Crippen molar-refractivity contribution in [3.8, 4) is 5.75 Å². The summed E-state index contributed by atoms with van der Waals surface area (Å²) in [5, 5.41) is 1.58. The van der Waals surface area contributed by atoms with Crippen LogP contribution >= 0.6 is 0 Å². The molecule has 16 heavy (non-hydrogen) atoms. The zero-order valence-corrected chi connectivity index (χ0v) is 8.23. The Morgan fingerprint density at radius 1 is 1.25 bits per heavy atom. The van der Waals surface area contributed by atoms with Crippen LogP contribution < -0.4 is 10.4 Å². The van der Waals surface area contributed by atoms with Crippen molar-refractivity contribution in [2.75, 3.05) is 7.09 Å². The molecule has 4 nitrogen and oxygen atoms in total. The van der Waals surface area contributed by atoms with Gasteiger partial charge in [0.2, 0.25) is 5.75 Å². The van der Waals surface area contributed by atoms with Gasteiger partial charge in [-0.05, 0) is 18.2 Å². The van der Waals surface area contributed by atoms with Gasteiger partial charge in [0.15, 0.2) is 11.2 Å². The summed E-state index contributed by atoms with van der Waals surface area (Å²) in [7, 11) is -0.270. The molecule has 0 aliphatic rings. The van der Waals surface area contributed by atoms with E-state index in [1.165, 1.54) is 12.3 Å². The lowest BCUT2D eigenvalue weighted by Gasteiger charge is -2.03. The molecule has 0 fully saturated rings. The van der Waals surface area contributed by atoms with Gasteiger partial charge in [0.1, 0.15) is 0 Å². The predicted molar refractivity (Wildman–Crippen MR) is 58.8 cm³/mol. The number of benzene rings is 1. The lowest BCUT2D eigenvalue weighted by atomic mass is 10.2. The second-order valence-electron chi connectivity index (χ2n) is 3.36. The van der Waals surface area contributed by atoms with Crippen LogP contribution in [0.5, 0.6) is 5.75 Å². The molecule has 0 saturated heterocycles. The molecule has 0 saturated carbocycles. The molecule has 0 aliphatic heterocycles. The van der Waals surface area contributed by atoms with Crippen molar-refractivity contribution in [3.05, 3.63) is 40.9 Å². The molecule has 0 N–H and O–H groups in total. The molecular formula is C12H8O4. The van der Waals surface area contributed by atoms with Crippen LogP contribution in [0.4, 0.5) is 0 Å². The highest BCUT2D eigenvalue weighted by molar-refractivity contribution is 5.99. The zero-order valence-electron chi connectivity index (χ0n) is 9.23. The van der Waals surface area contributed by atoms with Crippen LogP contribution in [0.15, 0.2) is 44.2 Å². The van der Waals surface area contributed by atoms with Crippen LogP contribution in [0.3, 0.4) is 0 Å². The molecule has 0 radical (unpaired) electrons. The summed E-state index contributed by atoms with van der Waals surface area (Å²) >= 11 is 0. The fraction of sp³-hybridized carbons (Fsp3) is 0.0833. The van der Waals surface area contributed by atoms with E-state index in [1.807, 2.05) is 6.07 Å². The summed E-state index contributed by atoms with van der Waals surface area (Å²) < 4.78 is 22.7.